The fourth-order valence-corrected chi connectivity index (χ4v) is 6.11. The normalized spacial score (nSPS) is 26.9. The highest BCUT2D eigenvalue weighted by Crippen LogP contribution is 2.38. The number of carbonyl (C=O) groups excluding carboxylic acids is 1. The van der Waals surface area contributed by atoms with Gasteiger partial charge >= 0.3 is 0 Å². The van der Waals surface area contributed by atoms with E-state index in [1.165, 1.54) is 43.4 Å². The van der Waals surface area contributed by atoms with E-state index in [0.29, 0.717) is 18.2 Å². The van der Waals surface area contributed by atoms with Crippen molar-refractivity contribution in [1.29, 1.82) is 5.26 Å². The van der Waals surface area contributed by atoms with Crippen LogP contribution in [-0.2, 0) is 17.6 Å². The molecule has 2 unspecified atom stereocenters. The van der Waals surface area contributed by atoms with Crippen molar-refractivity contribution in [3.05, 3.63) is 22.9 Å². The van der Waals surface area contributed by atoms with E-state index < -0.39 is 0 Å². The maximum atomic E-state index is 12.8. The van der Waals surface area contributed by atoms with Crippen molar-refractivity contribution in [3.8, 4) is 6.07 Å². The van der Waals surface area contributed by atoms with Crippen LogP contribution < -0.4 is 4.90 Å². The highest BCUT2D eigenvalue weighted by atomic mass is 16.2. The zero-order chi connectivity index (χ0) is 19.8. The van der Waals surface area contributed by atoms with Gasteiger partial charge in [-0.1, -0.05) is 6.42 Å². The minimum Gasteiger partial charge on any atom is -0.355 e. The lowest BCUT2D eigenvalue weighted by atomic mass is 9.92. The number of rotatable bonds is 3. The van der Waals surface area contributed by atoms with Crippen LogP contribution in [0.2, 0.25) is 0 Å². The molecule has 0 N–H and O–H groups in total. The van der Waals surface area contributed by atoms with Gasteiger partial charge in [0.25, 0.3) is 0 Å². The van der Waals surface area contributed by atoms with Crippen LogP contribution in [0.25, 0.3) is 0 Å². The first-order valence-corrected chi connectivity index (χ1v) is 11.7. The summed E-state index contributed by atoms with van der Waals surface area (Å²) in [6.07, 6.45) is 11.3. The summed E-state index contributed by atoms with van der Waals surface area (Å²) < 4.78 is 0. The Labute approximate surface area is 174 Å². The van der Waals surface area contributed by atoms with E-state index in [2.05, 4.69) is 21.9 Å². The third kappa shape index (κ3) is 3.74. The molecule has 1 amide bonds. The van der Waals surface area contributed by atoms with Crippen molar-refractivity contribution in [2.45, 2.75) is 64.2 Å². The number of aryl methyl sites for hydroxylation is 2. The van der Waals surface area contributed by atoms with Crippen LogP contribution in [0.1, 0.15) is 68.2 Å². The van der Waals surface area contributed by atoms with Gasteiger partial charge in [0.1, 0.15) is 11.9 Å². The lowest BCUT2D eigenvalue weighted by Crippen LogP contribution is -2.38. The van der Waals surface area contributed by atoms with Gasteiger partial charge in [-0.2, -0.15) is 5.26 Å². The molecule has 3 heterocycles. The SMILES string of the molecule is N#Cc1cc2c(nc1N1CCC(CC(=O)N3CC4CCCC4C3)CC1)CCCC2. The highest BCUT2D eigenvalue weighted by molar-refractivity contribution is 5.77. The largest absolute Gasteiger partial charge is 0.355 e. The number of nitriles is 1. The predicted molar refractivity (Wildman–Crippen MR) is 113 cm³/mol. The summed E-state index contributed by atoms with van der Waals surface area (Å²) in [5, 5.41) is 9.64. The van der Waals surface area contributed by atoms with E-state index >= 15 is 0 Å². The zero-order valence-electron chi connectivity index (χ0n) is 17.4. The van der Waals surface area contributed by atoms with E-state index in [0.717, 1.165) is 75.1 Å². The molecule has 5 nitrogen and oxygen atoms in total. The van der Waals surface area contributed by atoms with Crippen LogP contribution in [-0.4, -0.2) is 42.0 Å². The minimum absolute atomic E-state index is 0.377. The molecule has 154 valence electrons. The molecule has 1 aromatic rings. The Hall–Kier alpha value is -2.09. The summed E-state index contributed by atoms with van der Waals surface area (Å²) >= 11 is 0. The number of nitrogens with zero attached hydrogens (tertiary/aromatic N) is 4. The molecular weight excluding hydrogens is 360 g/mol. The van der Waals surface area contributed by atoms with Crippen LogP contribution >= 0.6 is 0 Å². The molecule has 2 saturated heterocycles. The molecule has 3 fully saturated rings. The molecule has 5 rings (SSSR count). The lowest BCUT2D eigenvalue weighted by molar-refractivity contribution is -0.131. The molecule has 0 radical (unpaired) electrons. The molecule has 4 aliphatic rings. The van der Waals surface area contributed by atoms with Crippen molar-refractivity contribution in [1.82, 2.24) is 9.88 Å². The Balaban J connectivity index is 1.19. The number of aromatic nitrogens is 1. The molecule has 5 heteroatoms. The van der Waals surface area contributed by atoms with Gasteiger partial charge in [-0.15, -0.1) is 0 Å². The second-order valence-electron chi connectivity index (χ2n) is 9.67. The average molecular weight is 393 g/mol. The summed E-state index contributed by atoms with van der Waals surface area (Å²) in [4.78, 5) is 22.2. The number of anilines is 1. The molecule has 2 atom stereocenters. The van der Waals surface area contributed by atoms with Crippen molar-refractivity contribution < 1.29 is 4.79 Å². The molecular formula is C24H32N4O. The monoisotopic (exact) mass is 392 g/mol. The average Bonchev–Trinajstić information content (AvgIpc) is 3.36. The summed E-state index contributed by atoms with van der Waals surface area (Å²) in [6.45, 7) is 3.83. The van der Waals surface area contributed by atoms with Gasteiger partial charge in [-0.05, 0) is 80.8 Å². The second-order valence-corrected chi connectivity index (χ2v) is 9.67. The van der Waals surface area contributed by atoms with E-state index in [-0.39, 0.29) is 0 Å². The van der Waals surface area contributed by atoms with E-state index in [1.807, 2.05) is 0 Å². The Bertz CT molecular complexity index is 809. The Kier molecular flexibility index (Phi) is 5.20. The van der Waals surface area contributed by atoms with Crippen molar-refractivity contribution in [3.63, 3.8) is 0 Å². The van der Waals surface area contributed by atoms with Crippen molar-refractivity contribution >= 4 is 11.7 Å². The minimum atomic E-state index is 0.377. The highest BCUT2D eigenvalue weighted by Gasteiger charge is 2.38. The van der Waals surface area contributed by atoms with E-state index in [9.17, 15) is 10.1 Å². The molecule has 1 saturated carbocycles. The van der Waals surface area contributed by atoms with E-state index in [4.69, 9.17) is 4.98 Å². The second kappa shape index (κ2) is 7.97. The predicted octanol–water partition coefficient (Wildman–Crippen LogP) is 3.70. The van der Waals surface area contributed by atoms with Gasteiger partial charge in [0.05, 0.1) is 5.56 Å². The number of fused-ring (bicyclic) bond motifs is 2. The summed E-state index contributed by atoms with van der Waals surface area (Å²) in [7, 11) is 0. The van der Waals surface area contributed by atoms with Crippen LogP contribution in [0.3, 0.4) is 0 Å². The number of piperidine rings is 1. The van der Waals surface area contributed by atoms with Gasteiger partial charge in [-0.25, -0.2) is 4.98 Å². The molecule has 29 heavy (non-hydrogen) atoms. The molecule has 2 aliphatic carbocycles. The smallest absolute Gasteiger partial charge is 0.222 e. The summed E-state index contributed by atoms with van der Waals surface area (Å²) in [6, 6.07) is 4.46. The maximum absolute atomic E-state index is 12.8. The Morgan fingerprint density at radius 2 is 1.79 bits per heavy atom. The number of likely N-dealkylation sites (tertiary alicyclic amines) is 1. The van der Waals surface area contributed by atoms with Crippen molar-refractivity contribution in [2.75, 3.05) is 31.1 Å². The Morgan fingerprint density at radius 1 is 1.07 bits per heavy atom. The van der Waals surface area contributed by atoms with Gasteiger partial charge in [0.2, 0.25) is 5.91 Å². The van der Waals surface area contributed by atoms with Gasteiger partial charge in [0, 0.05) is 38.3 Å². The standard InChI is InChI=1S/C24H32N4O/c25-14-21-13-18-4-1-2-7-22(18)26-24(21)27-10-8-17(9-11-27)12-23(29)28-15-19-5-3-6-20(19)16-28/h13,17,19-20H,1-12,15-16H2. The van der Waals surface area contributed by atoms with Crippen molar-refractivity contribution in [2.24, 2.45) is 17.8 Å². The molecule has 0 aromatic carbocycles. The zero-order valence-corrected chi connectivity index (χ0v) is 17.4. The first-order valence-electron chi connectivity index (χ1n) is 11.7. The fraction of sp³-hybridized carbons (Fsp3) is 0.708. The van der Waals surface area contributed by atoms with Crippen LogP contribution in [0, 0.1) is 29.1 Å². The van der Waals surface area contributed by atoms with E-state index in [1.54, 1.807) is 0 Å². The Morgan fingerprint density at radius 3 is 2.52 bits per heavy atom. The first kappa shape index (κ1) is 18.9. The lowest BCUT2D eigenvalue weighted by Gasteiger charge is -2.34. The quantitative estimate of drug-likeness (QED) is 0.787. The van der Waals surface area contributed by atoms with Gasteiger partial charge in [-0.3, -0.25) is 4.79 Å². The maximum Gasteiger partial charge on any atom is 0.222 e. The van der Waals surface area contributed by atoms with Gasteiger partial charge < -0.3 is 9.80 Å². The van der Waals surface area contributed by atoms with Gasteiger partial charge in [0.15, 0.2) is 0 Å². The molecule has 1 aromatic heterocycles. The van der Waals surface area contributed by atoms with Crippen LogP contribution in [0.15, 0.2) is 6.07 Å². The number of pyridine rings is 1. The number of amides is 1. The number of carbonyl (C=O) groups is 1. The molecule has 0 bridgehead atoms. The topological polar surface area (TPSA) is 60.2 Å². The third-order valence-corrected chi connectivity index (χ3v) is 7.86. The first-order chi connectivity index (χ1) is 14.2. The third-order valence-electron chi connectivity index (χ3n) is 7.86. The summed E-state index contributed by atoms with van der Waals surface area (Å²) in [5.41, 5.74) is 3.19. The molecule has 2 aliphatic heterocycles. The van der Waals surface area contributed by atoms with Crippen LogP contribution in [0.4, 0.5) is 5.82 Å². The fourth-order valence-electron chi connectivity index (χ4n) is 6.11. The molecule has 0 spiro atoms. The number of hydrogen-bond donors (Lipinski definition) is 0. The van der Waals surface area contributed by atoms with Crippen LogP contribution in [0.5, 0.6) is 0 Å². The number of hydrogen-bond acceptors (Lipinski definition) is 4. The summed E-state index contributed by atoms with van der Waals surface area (Å²) in [5.74, 6) is 3.29.